The van der Waals surface area contributed by atoms with E-state index >= 15 is 0 Å². The first-order chi connectivity index (χ1) is 10.4. The van der Waals surface area contributed by atoms with Gasteiger partial charge in [0.25, 0.3) is 0 Å². The van der Waals surface area contributed by atoms with Gasteiger partial charge in [0, 0.05) is 25.8 Å². The van der Waals surface area contributed by atoms with Gasteiger partial charge in [-0.3, -0.25) is 0 Å². The van der Waals surface area contributed by atoms with E-state index in [4.69, 9.17) is 14.2 Å². The third-order valence-corrected chi connectivity index (χ3v) is 5.02. The van der Waals surface area contributed by atoms with Crippen LogP contribution in [0.3, 0.4) is 0 Å². The quantitative estimate of drug-likeness (QED) is 0.794. The average molecular weight is 298 g/mol. The van der Waals surface area contributed by atoms with Crippen molar-refractivity contribution in [1.82, 2.24) is 10.6 Å². The molecule has 3 rings (SSSR count). The van der Waals surface area contributed by atoms with E-state index in [0.29, 0.717) is 19.3 Å². The van der Waals surface area contributed by atoms with Crippen LogP contribution in [0.15, 0.2) is 0 Å². The topological polar surface area (TPSA) is 51.8 Å². The van der Waals surface area contributed by atoms with Crippen LogP contribution in [0.1, 0.15) is 32.1 Å². The fourth-order valence-electron chi connectivity index (χ4n) is 3.74. The van der Waals surface area contributed by atoms with E-state index in [9.17, 15) is 0 Å². The summed E-state index contributed by atoms with van der Waals surface area (Å²) in [5, 5.41) is 7.34. The van der Waals surface area contributed by atoms with Crippen molar-refractivity contribution in [1.29, 1.82) is 0 Å². The molecule has 0 spiro atoms. The normalized spacial score (nSPS) is 40.0. The molecule has 0 saturated carbocycles. The molecule has 122 valence electrons. The molecule has 0 amide bonds. The van der Waals surface area contributed by atoms with Crippen LogP contribution < -0.4 is 10.6 Å². The van der Waals surface area contributed by atoms with E-state index in [1.165, 1.54) is 25.8 Å². The van der Waals surface area contributed by atoms with Crippen molar-refractivity contribution in [2.45, 2.75) is 50.4 Å². The summed E-state index contributed by atoms with van der Waals surface area (Å²) >= 11 is 0. The molecule has 2 N–H and O–H groups in total. The Labute approximate surface area is 128 Å². The van der Waals surface area contributed by atoms with Crippen LogP contribution in [0.25, 0.3) is 0 Å². The van der Waals surface area contributed by atoms with E-state index in [1.54, 1.807) is 0 Å². The Morgan fingerprint density at radius 1 is 0.762 bits per heavy atom. The summed E-state index contributed by atoms with van der Waals surface area (Å²) in [7, 11) is 0. The number of rotatable bonds is 2. The molecule has 4 atom stereocenters. The molecule has 3 aliphatic rings. The molecule has 3 saturated heterocycles. The number of hydrogen-bond donors (Lipinski definition) is 2. The lowest BCUT2D eigenvalue weighted by molar-refractivity contribution is -0.0619. The summed E-state index contributed by atoms with van der Waals surface area (Å²) in [5.74, 6) is 0.744. The second kappa shape index (κ2) is 8.44. The molecule has 3 heterocycles. The molecular weight excluding hydrogens is 268 g/mol. The maximum atomic E-state index is 6.09. The third-order valence-electron chi connectivity index (χ3n) is 5.02. The van der Waals surface area contributed by atoms with Crippen molar-refractivity contribution in [2.75, 3.05) is 46.1 Å². The monoisotopic (exact) mass is 298 g/mol. The van der Waals surface area contributed by atoms with Crippen molar-refractivity contribution >= 4 is 0 Å². The van der Waals surface area contributed by atoms with Gasteiger partial charge in [-0.25, -0.2) is 0 Å². The molecular formula is C16H30N2O3. The van der Waals surface area contributed by atoms with E-state index < -0.39 is 0 Å². The highest BCUT2D eigenvalue weighted by atomic mass is 16.6. The lowest BCUT2D eigenvalue weighted by atomic mass is 9.92. The second-order valence-electron chi connectivity index (χ2n) is 6.48. The minimum Gasteiger partial charge on any atom is -0.379 e. The number of hydrogen-bond acceptors (Lipinski definition) is 5. The average Bonchev–Trinajstić information content (AvgIpc) is 3.01. The molecule has 0 aromatic heterocycles. The minimum absolute atomic E-state index is 0.176. The molecule has 0 radical (unpaired) electrons. The van der Waals surface area contributed by atoms with Gasteiger partial charge in [0.05, 0.1) is 25.4 Å². The van der Waals surface area contributed by atoms with Crippen LogP contribution in [0.5, 0.6) is 0 Å². The maximum Gasteiger partial charge on any atom is 0.0961 e. The van der Waals surface area contributed by atoms with E-state index in [1.807, 2.05) is 0 Å². The smallest absolute Gasteiger partial charge is 0.0961 e. The summed E-state index contributed by atoms with van der Waals surface area (Å²) in [5.41, 5.74) is 0. The molecule has 21 heavy (non-hydrogen) atoms. The minimum atomic E-state index is 0.176. The zero-order chi connectivity index (χ0) is 14.3. The van der Waals surface area contributed by atoms with Crippen LogP contribution >= 0.6 is 0 Å². The first kappa shape index (κ1) is 15.7. The van der Waals surface area contributed by atoms with Gasteiger partial charge in [0.15, 0.2) is 0 Å². The van der Waals surface area contributed by atoms with Crippen LogP contribution in [-0.4, -0.2) is 64.3 Å². The Balaban J connectivity index is 1.50. The lowest BCUT2D eigenvalue weighted by Crippen LogP contribution is -2.44. The fraction of sp³-hybridized carbons (Fsp3) is 1.00. The fourth-order valence-corrected chi connectivity index (χ4v) is 3.74. The molecule has 5 heteroatoms. The summed E-state index contributed by atoms with van der Waals surface area (Å²) < 4.78 is 17.5. The van der Waals surface area contributed by atoms with Gasteiger partial charge in [-0.15, -0.1) is 0 Å². The van der Waals surface area contributed by atoms with Crippen molar-refractivity contribution in [3.63, 3.8) is 0 Å². The summed E-state index contributed by atoms with van der Waals surface area (Å²) in [6, 6.07) is 0.586. The summed E-state index contributed by atoms with van der Waals surface area (Å²) in [6.45, 7) is 6.29. The van der Waals surface area contributed by atoms with Crippen LogP contribution in [-0.2, 0) is 14.2 Å². The van der Waals surface area contributed by atoms with Gasteiger partial charge in [-0.2, -0.15) is 0 Å². The van der Waals surface area contributed by atoms with Gasteiger partial charge in [-0.1, -0.05) is 6.42 Å². The van der Waals surface area contributed by atoms with Gasteiger partial charge >= 0.3 is 0 Å². The number of ether oxygens (including phenoxy) is 3. The standard InChI is InChI=1S/C16H30N2O3/c1-2-6-17-11-13(3-1)14-4-8-20-16(12-18-14)15-5-7-19-9-10-21-15/h13-18H,1-12H2. The van der Waals surface area contributed by atoms with Crippen molar-refractivity contribution in [3.8, 4) is 0 Å². The first-order valence-corrected chi connectivity index (χ1v) is 8.68. The molecule has 3 fully saturated rings. The highest BCUT2D eigenvalue weighted by Crippen LogP contribution is 2.21. The molecule has 5 nitrogen and oxygen atoms in total. The lowest BCUT2D eigenvalue weighted by Gasteiger charge is -2.27. The van der Waals surface area contributed by atoms with Gasteiger partial charge in [0.2, 0.25) is 0 Å². The Hall–Kier alpha value is -0.200. The largest absolute Gasteiger partial charge is 0.379 e. The van der Waals surface area contributed by atoms with Gasteiger partial charge < -0.3 is 24.8 Å². The third kappa shape index (κ3) is 4.63. The Kier molecular flexibility index (Phi) is 6.30. The Morgan fingerprint density at radius 2 is 1.71 bits per heavy atom. The van der Waals surface area contributed by atoms with Crippen LogP contribution in [0.4, 0.5) is 0 Å². The zero-order valence-electron chi connectivity index (χ0n) is 13.0. The molecule has 3 aliphatic heterocycles. The van der Waals surface area contributed by atoms with Gasteiger partial charge in [0.1, 0.15) is 0 Å². The second-order valence-corrected chi connectivity index (χ2v) is 6.48. The molecule has 4 unspecified atom stereocenters. The van der Waals surface area contributed by atoms with Crippen LogP contribution in [0, 0.1) is 5.92 Å². The highest BCUT2D eigenvalue weighted by molar-refractivity contribution is 4.85. The SMILES string of the molecule is C1CCC(C2CCOC(C3CCOCCO3)CN2)CNC1. The predicted molar refractivity (Wildman–Crippen MR) is 81.5 cm³/mol. The number of nitrogens with one attached hydrogen (secondary N) is 2. The van der Waals surface area contributed by atoms with Crippen molar-refractivity contribution in [3.05, 3.63) is 0 Å². The Morgan fingerprint density at radius 3 is 2.71 bits per heavy atom. The molecule has 0 aromatic rings. The van der Waals surface area contributed by atoms with E-state index in [2.05, 4.69) is 10.6 Å². The molecule has 0 aromatic carbocycles. The van der Waals surface area contributed by atoms with Crippen molar-refractivity contribution in [2.24, 2.45) is 5.92 Å². The van der Waals surface area contributed by atoms with Gasteiger partial charge in [-0.05, 0) is 44.7 Å². The van der Waals surface area contributed by atoms with E-state index in [0.717, 1.165) is 45.1 Å². The zero-order valence-corrected chi connectivity index (χ0v) is 13.0. The maximum absolute atomic E-state index is 6.09. The molecule has 0 aliphatic carbocycles. The predicted octanol–water partition coefficient (Wildman–Crippen LogP) is 0.929. The first-order valence-electron chi connectivity index (χ1n) is 8.68. The summed E-state index contributed by atoms with van der Waals surface area (Å²) in [4.78, 5) is 0. The Bertz CT molecular complexity index is 259. The van der Waals surface area contributed by atoms with Crippen molar-refractivity contribution < 1.29 is 14.2 Å². The highest BCUT2D eigenvalue weighted by Gasteiger charge is 2.30. The summed E-state index contributed by atoms with van der Waals surface area (Å²) in [6.07, 6.45) is 6.43. The van der Waals surface area contributed by atoms with E-state index in [-0.39, 0.29) is 12.2 Å². The molecule has 0 bridgehead atoms. The van der Waals surface area contributed by atoms with Crippen LogP contribution in [0.2, 0.25) is 0 Å².